The van der Waals surface area contributed by atoms with Gasteiger partial charge in [0.1, 0.15) is 5.75 Å². The van der Waals surface area contributed by atoms with Crippen molar-refractivity contribution in [3.8, 4) is 17.0 Å². The summed E-state index contributed by atoms with van der Waals surface area (Å²) in [4.78, 5) is 37.0. The summed E-state index contributed by atoms with van der Waals surface area (Å²) in [6.07, 6.45) is 5.96. The number of ether oxygens (including phenoxy) is 1. The van der Waals surface area contributed by atoms with Gasteiger partial charge in [0.05, 0.1) is 23.1 Å². The van der Waals surface area contributed by atoms with E-state index in [1.54, 1.807) is 55.5 Å². The highest BCUT2D eigenvalue weighted by Crippen LogP contribution is 2.35. The Balaban J connectivity index is 1.50. The number of anilines is 3. The number of halogens is 1. The van der Waals surface area contributed by atoms with E-state index < -0.39 is 0 Å². The molecule has 0 bridgehead atoms. The maximum absolute atomic E-state index is 12.1. The van der Waals surface area contributed by atoms with Gasteiger partial charge in [-0.1, -0.05) is 11.6 Å². The van der Waals surface area contributed by atoms with Crippen LogP contribution in [0.4, 0.5) is 17.3 Å². The van der Waals surface area contributed by atoms with Gasteiger partial charge in [-0.2, -0.15) is 5.10 Å². The molecule has 2 amide bonds. The highest BCUT2D eigenvalue weighted by molar-refractivity contribution is 6.32. The van der Waals surface area contributed by atoms with E-state index >= 15 is 0 Å². The van der Waals surface area contributed by atoms with Crippen molar-refractivity contribution >= 4 is 40.7 Å². The highest BCUT2D eigenvalue weighted by atomic mass is 35.5. The molecule has 2 aromatic carbocycles. The predicted molar refractivity (Wildman–Crippen MR) is 154 cm³/mol. The first-order valence-electron chi connectivity index (χ1n) is 13.0. The summed E-state index contributed by atoms with van der Waals surface area (Å²) in [7, 11) is 1.59. The predicted octanol–water partition coefficient (Wildman–Crippen LogP) is 5.02. The van der Waals surface area contributed by atoms with Crippen molar-refractivity contribution in [3.63, 3.8) is 0 Å². The van der Waals surface area contributed by atoms with Gasteiger partial charge in [0.2, 0.25) is 11.9 Å². The number of rotatable bonds is 8. The third-order valence-electron chi connectivity index (χ3n) is 6.73. The van der Waals surface area contributed by atoms with E-state index in [9.17, 15) is 9.59 Å². The normalized spacial score (nSPS) is 12.4. The number of carbonyl (C=O) groups excluding carboxylic acids is 2. The second-order valence-corrected chi connectivity index (χ2v) is 10.1. The zero-order valence-corrected chi connectivity index (χ0v) is 23.5. The number of amides is 2. The fourth-order valence-electron chi connectivity index (χ4n) is 4.55. The first kappa shape index (κ1) is 27.1. The van der Waals surface area contributed by atoms with Crippen LogP contribution in [-0.2, 0) is 11.2 Å². The number of hydrogen-bond acceptors (Lipinski definition) is 7. The second-order valence-electron chi connectivity index (χ2n) is 9.71. The van der Waals surface area contributed by atoms with Crippen molar-refractivity contribution in [1.29, 1.82) is 0 Å². The molecule has 1 aliphatic heterocycles. The lowest BCUT2D eigenvalue weighted by atomic mass is 10.1. The lowest BCUT2D eigenvalue weighted by Crippen LogP contribution is -2.26. The lowest BCUT2D eigenvalue weighted by Gasteiger charge is -2.24. The van der Waals surface area contributed by atoms with E-state index in [0.29, 0.717) is 34.5 Å². The molecule has 0 fully saturated rings. The van der Waals surface area contributed by atoms with Gasteiger partial charge in [-0.15, -0.1) is 0 Å². The number of nitrogens with zero attached hydrogens (tertiary/aromatic N) is 6. The number of carbonyl (C=O) groups is 2. The van der Waals surface area contributed by atoms with Gasteiger partial charge in [-0.3, -0.25) is 19.2 Å². The number of aromatic nitrogens is 4. The van der Waals surface area contributed by atoms with Crippen molar-refractivity contribution in [2.75, 3.05) is 30.1 Å². The van der Waals surface area contributed by atoms with Gasteiger partial charge in [0, 0.05) is 55.3 Å². The van der Waals surface area contributed by atoms with E-state index in [1.165, 1.54) is 0 Å². The summed E-state index contributed by atoms with van der Waals surface area (Å²) in [5.41, 5.74) is 4.63. The van der Waals surface area contributed by atoms with E-state index in [1.807, 2.05) is 47.8 Å². The van der Waals surface area contributed by atoms with Gasteiger partial charge in [-0.05, 0) is 68.3 Å². The Morgan fingerprint density at radius 1 is 1.15 bits per heavy atom. The van der Waals surface area contributed by atoms with Crippen LogP contribution < -0.4 is 19.9 Å². The summed E-state index contributed by atoms with van der Waals surface area (Å²) in [6.45, 7) is 6.39. The van der Waals surface area contributed by atoms with E-state index in [4.69, 9.17) is 21.3 Å². The first-order valence-corrected chi connectivity index (χ1v) is 13.3. The largest absolute Gasteiger partial charge is 0.473 e. The summed E-state index contributed by atoms with van der Waals surface area (Å²) in [5, 5.41) is 7.44. The Morgan fingerprint density at radius 3 is 2.60 bits per heavy atom. The Hall–Kier alpha value is -4.44. The fraction of sp³-hybridized carbons (Fsp3) is 0.276. The lowest BCUT2D eigenvalue weighted by molar-refractivity contribution is -0.116. The average Bonchev–Trinajstić information content (AvgIpc) is 3.62. The molecule has 5 rings (SSSR count). The number of nitrogens with one attached hydrogen (secondary N) is 1. The molecule has 4 aromatic rings. The number of hydrogen-bond donors (Lipinski definition) is 1. The molecule has 40 heavy (non-hydrogen) atoms. The molecule has 2 aromatic heterocycles. The summed E-state index contributed by atoms with van der Waals surface area (Å²) < 4.78 is 7.98. The smallest absolute Gasteiger partial charge is 0.251 e. The zero-order chi connectivity index (χ0) is 28.4. The molecule has 3 heterocycles. The summed E-state index contributed by atoms with van der Waals surface area (Å²) >= 11 is 6.54. The van der Waals surface area contributed by atoms with Crippen molar-refractivity contribution in [1.82, 2.24) is 25.1 Å². The molecule has 0 saturated heterocycles. The van der Waals surface area contributed by atoms with Crippen molar-refractivity contribution in [3.05, 3.63) is 77.2 Å². The standard InChI is InChI=1S/C29H30ClN7O3/c1-18(2)37-16-22(14-33-37)27-25(30)15-32-29(34-27)36(17-40-24-8-5-20(6-9-24)28(39)31-4)23-7-10-26-21(13-23)11-12-35(26)19(3)38/h5-10,13-16,18H,11-12,17H2,1-4H3,(H,31,39). The molecule has 11 heteroatoms. The zero-order valence-electron chi connectivity index (χ0n) is 22.8. The molecule has 0 radical (unpaired) electrons. The van der Waals surface area contributed by atoms with Crippen LogP contribution in [0.5, 0.6) is 5.75 Å². The van der Waals surface area contributed by atoms with E-state index in [-0.39, 0.29) is 24.6 Å². The van der Waals surface area contributed by atoms with E-state index in [2.05, 4.69) is 15.4 Å². The Kier molecular flexibility index (Phi) is 7.70. The van der Waals surface area contributed by atoms with Crippen LogP contribution in [0.15, 0.2) is 61.1 Å². The minimum Gasteiger partial charge on any atom is -0.473 e. The maximum Gasteiger partial charge on any atom is 0.251 e. The first-order chi connectivity index (χ1) is 19.2. The second kappa shape index (κ2) is 11.4. The molecule has 1 N–H and O–H groups in total. The molecular formula is C29H30ClN7O3. The van der Waals surface area contributed by atoms with Gasteiger partial charge in [-0.25, -0.2) is 9.97 Å². The van der Waals surface area contributed by atoms with Crippen LogP contribution in [0.2, 0.25) is 5.02 Å². The highest BCUT2D eigenvalue weighted by Gasteiger charge is 2.25. The van der Waals surface area contributed by atoms with Gasteiger partial charge >= 0.3 is 0 Å². The summed E-state index contributed by atoms with van der Waals surface area (Å²) in [5.74, 6) is 0.808. The molecular weight excluding hydrogens is 530 g/mol. The summed E-state index contributed by atoms with van der Waals surface area (Å²) in [6, 6.07) is 13.0. The van der Waals surface area contributed by atoms with Crippen LogP contribution in [0.25, 0.3) is 11.3 Å². The van der Waals surface area contributed by atoms with Crippen LogP contribution >= 0.6 is 11.6 Å². The quantitative estimate of drug-likeness (QED) is 0.302. The van der Waals surface area contributed by atoms with Crippen LogP contribution in [0.1, 0.15) is 42.7 Å². The Labute approximate surface area is 237 Å². The number of fused-ring (bicyclic) bond motifs is 1. The molecule has 10 nitrogen and oxygen atoms in total. The monoisotopic (exact) mass is 559 g/mol. The third kappa shape index (κ3) is 5.48. The SMILES string of the molecule is CNC(=O)c1ccc(OCN(c2ccc3c(c2)CCN3C(C)=O)c2ncc(Cl)c(-c3cnn(C(C)C)c3)n2)cc1. The van der Waals surface area contributed by atoms with Gasteiger partial charge < -0.3 is 15.0 Å². The molecule has 0 unspecified atom stereocenters. The van der Waals surface area contributed by atoms with E-state index in [0.717, 1.165) is 28.9 Å². The molecule has 206 valence electrons. The minimum atomic E-state index is -0.172. The third-order valence-corrected chi connectivity index (χ3v) is 7.01. The molecule has 0 spiro atoms. The molecule has 1 aliphatic rings. The molecule has 0 atom stereocenters. The number of benzene rings is 2. The van der Waals surface area contributed by atoms with Crippen molar-refractivity contribution in [2.24, 2.45) is 0 Å². The Bertz CT molecular complexity index is 1550. The fourth-order valence-corrected chi connectivity index (χ4v) is 4.75. The van der Waals surface area contributed by atoms with Gasteiger partial charge in [0.15, 0.2) is 6.73 Å². The molecule has 0 saturated carbocycles. The van der Waals surface area contributed by atoms with Crippen molar-refractivity contribution < 1.29 is 14.3 Å². The van der Waals surface area contributed by atoms with Crippen LogP contribution in [-0.4, -0.2) is 51.9 Å². The maximum atomic E-state index is 12.1. The Morgan fingerprint density at radius 2 is 1.93 bits per heavy atom. The van der Waals surface area contributed by atoms with Crippen molar-refractivity contribution in [2.45, 2.75) is 33.2 Å². The minimum absolute atomic E-state index is 0.0134. The van der Waals surface area contributed by atoms with Crippen LogP contribution in [0.3, 0.4) is 0 Å². The van der Waals surface area contributed by atoms with Crippen LogP contribution in [0, 0.1) is 0 Å². The van der Waals surface area contributed by atoms with Gasteiger partial charge in [0.25, 0.3) is 5.91 Å². The molecule has 0 aliphatic carbocycles. The average molecular weight is 560 g/mol. The topological polar surface area (TPSA) is 105 Å².